The van der Waals surface area contributed by atoms with Gasteiger partial charge in [-0.15, -0.1) is 0 Å². The molecule has 34 heavy (non-hydrogen) atoms. The molecule has 6 nitrogen and oxygen atoms in total. The predicted molar refractivity (Wildman–Crippen MR) is 134 cm³/mol. The minimum absolute atomic E-state index is 0.0120. The summed E-state index contributed by atoms with van der Waals surface area (Å²) in [5, 5.41) is 0.727. The average Bonchev–Trinajstić information content (AvgIpc) is 3.42. The molecule has 3 aromatic rings. The molecule has 5 rings (SSSR count). The van der Waals surface area contributed by atoms with Gasteiger partial charge in [0, 0.05) is 61.1 Å². The van der Waals surface area contributed by atoms with E-state index in [1.165, 1.54) is 5.56 Å². The van der Waals surface area contributed by atoms with Crippen LogP contribution >= 0.6 is 11.6 Å². The van der Waals surface area contributed by atoms with E-state index in [9.17, 15) is 4.79 Å². The van der Waals surface area contributed by atoms with E-state index in [1.54, 1.807) is 0 Å². The predicted octanol–water partition coefficient (Wildman–Crippen LogP) is 4.38. The highest BCUT2D eigenvalue weighted by Crippen LogP contribution is 2.29. The molecule has 2 saturated heterocycles. The van der Waals surface area contributed by atoms with Crippen molar-refractivity contribution in [2.75, 3.05) is 44.3 Å². The van der Waals surface area contributed by atoms with Crippen molar-refractivity contribution in [1.29, 1.82) is 0 Å². The third-order valence-corrected chi connectivity index (χ3v) is 6.94. The summed E-state index contributed by atoms with van der Waals surface area (Å²) in [5.74, 6) is 1.92. The number of carbonyl (C=O) groups excluding carboxylic acids is 1. The van der Waals surface area contributed by atoms with Crippen LogP contribution < -0.4 is 4.90 Å². The minimum atomic E-state index is 0.0120. The van der Waals surface area contributed by atoms with Crippen LogP contribution in [-0.4, -0.2) is 60.2 Å². The Labute approximate surface area is 205 Å². The molecule has 2 aromatic carbocycles. The number of anilines is 1. The van der Waals surface area contributed by atoms with Gasteiger partial charge in [-0.05, 0) is 31.0 Å². The lowest BCUT2D eigenvalue weighted by Crippen LogP contribution is -2.51. The van der Waals surface area contributed by atoms with Crippen LogP contribution in [0.4, 0.5) is 5.82 Å². The maximum atomic E-state index is 12.9. The summed E-state index contributed by atoms with van der Waals surface area (Å²) in [5.41, 5.74) is 4.26. The summed E-state index contributed by atoms with van der Waals surface area (Å²) >= 11 is 6.10. The van der Waals surface area contributed by atoms with Gasteiger partial charge >= 0.3 is 0 Å². The number of piperazine rings is 1. The first-order valence-corrected chi connectivity index (χ1v) is 12.2. The van der Waals surface area contributed by atoms with Crippen LogP contribution in [0, 0.1) is 12.8 Å². The third-order valence-electron chi connectivity index (χ3n) is 6.69. The maximum Gasteiger partial charge on any atom is 0.228 e. The van der Waals surface area contributed by atoms with E-state index in [0.29, 0.717) is 26.3 Å². The second kappa shape index (κ2) is 10.1. The maximum absolute atomic E-state index is 12.9. The Morgan fingerprint density at radius 2 is 1.76 bits per heavy atom. The molecule has 1 atom stereocenters. The van der Waals surface area contributed by atoms with Gasteiger partial charge in [0.15, 0.2) is 5.82 Å². The molecule has 1 aromatic heterocycles. The summed E-state index contributed by atoms with van der Waals surface area (Å²) in [6, 6.07) is 18.0. The topological polar surface area (TPSA) is 58.6 Å². The number of rotatable bonds is 5. The highest BCUT2D eigenvalue weighted by Gasteiger charge is 2.31. The first kappa shape index (κ1) is 22.8. The lowest BCUT2D eigenvalue weighted by Gasteiger charge is -2.37. The summed E-state index contributed by atoms with van der Waals surface area (Å²) < 4.78 is 5.42. The van der Waals surface area contributed by atoms with Crippen LogP contribution in [0.2, 0.25) is 5.02 Å². The summed E-state index contributed by atoms with van der Waals surface area (Å²) in [6.07, 6.45) is 1.56. The largest absolute Gasteiger partial charge is 0.381 e. The molecule has 0 radical (unpaired) electrons. The molecule has 0 unspecified atom stereocenters. The Balaban J connectivity index is 1.43. The Morgan fingerprint density at radius 3 is 2.44 bits per heavy atom. The van der Waals surface area contributed by atoms with Crippen molar-refractivity contribution in [3.05, 3.63) is 76.4 Å². The molecule has 2 fully saturated rings. The van der Waals surface area contributed by atoms with Crippen molar-refractivity contribution in [2.24, 2.45) is 5.92 Å². The Hall–Kier alpha value is -2.96. The van der Waals surface area contributed by atoms with Crippen LogP contribution in [0.15, 0.2) is 54.6 Å². The zero-order valence-electron chi connectivity index (χ0n) is 19.4. The summed E-state index contributed by atoms with van der Waals surface area (Å²) in [6.45, 7) is 6.18. The van der Waals surface area contributed by atoms with Crippen LogP contribution in [0.25, 0.3) is 11.4 Å². The zero-order valence-corrected chi connectivity index (χ0v) is 20.2. The van der Waals surface area contributed by atoms with Gasteiger partial charge in [0.05, 0.1) is 12.5 Å². The first-order chi connectivity index (χ1) is 16.6. The number of nitrogens with zero attached hydrogens (tertiary/aromatic N) is 4. The van der Waals surface area contributed by atoms with Gasteiger partial charge in [0.25, 0.3) is 0 Å². The van der Waals surface area contributed by atoms with Gasteiger partial charge in [-0.1, -0.05) is 54.1 Å². The van der Waals surface area contributed by atoms with Gasteiger partial charge in [0.2, 0.25) is 5.91 Å². The normalized spacial score (nSPS) is 18.4. The fraction of sp³-hybridized carbons (Fsp3) is 0.370. The monoisotopic (exact) mass is 476 g/mol. The number of aryl methyl sites for hydroxylation is 1. The number of hydrogen-bond acceptors (Lipinski definition) is 5. The molecule has 0 saturated carbocycles. The van der Waals surface area contributed by atoms with Gasteiger partial charge in [0.1, 0.15) is 5.82 Å². The fourth-order valence-electron chi connectivity index (χ4n) is 4.70. The van der Waals surface area contributed by atoms with Crippen molar-refractivity contribution in [3.63, 3.8) is 0 Å². The highest BCUT2D eigenvalue weighted by atomic mass is 35.5. The minimum Gasteiger partial charge on any atom is -0.381 e. The van der Waals surface area contributed by atoms with E-state index in [1.807, 2.05) is 47.4 Å². The van der Waals surface area contributed by atoms with Gasteiger partial charge in [-0.3, -0.25) is 4.79 Å². The molecule has 176 valence electrons. The van der Waals surface area contributed by atoms with E-state index in [0.717, 1.165) is 59.4 Å². The van der Waals surface area contributed by atoms with Crippen molar-refractivity contribution in [2.45, 2.75) is 19.8 Å². The van der Waals surface area contributed by atoms with Crippen LogP contribution in [0.5, 0.6) is 0 Å². The lowest BCUT2D eigenvalue weighted by atomic mass is 10.0. The number of aromatic nitrogens is 2. The van der Waals surface area contributed by atoms with E-state index < -0.39 is 0 Å². The zero-order chi connectivity index (χ0) is 23.5. The number of amides is 1. The SMILES string of the molecule is Cc1nc(-c2ccccc2)nc(N2CCN(C(=O)[C@@H]3CCOC3)CC2)c1Cc1ccc(Cl)cc1. The van der Waals surface area contributed by atoms with Crippen molar-refractivity contribution < 1.29 is 9.53 Å². The Morgan fingerprint density at radius 1 is 1.03 bits per heavy atom. The lowest BCUT2D eigenvalue weighted by molar-refractivity contribution is -0.135. The number of carbonyl (C=O) groups is 1. The molecular weight excluding hydrogens is 448 g/mol. The number of hydrogen-bond donors (Lipinski definition) is 0. The van der Waals surface area contributed by atoms with Crippen LogP contribution in [-0.2, 0) is 16.0 Å². The molecule has 1 amide bonds. The standard InChI is InChI=1S/C27H29ClN4O2/c1-19-24(17-20-7-9-23(28)10-8-20)26(30-25(29-19)21-5-3-2-4-6-21)31-12-14-32(15-13-31)27(33)22-11-16-34-18-22/h2-10,22H,11-18H2,1H3/t22-/m1/s1. The fourth-order valence-corrected chi connectivity index (χ4v) is 4.82. The second-order valence-electron chi connectivity index (χ2n) is 8.98. The van der Waals surface area contributed by atoms with Crippen molar-refractivity contribution >= 4 is 23.3 Å². The van der Waals surface area contributed by atoms with Gasteiger partial charge in [-0.2, -0.15) is 0 Å². The molecule has 7 heteroatoms. The van der Waals surface area contributed by atoms with Crippen LogP contribution in [0.3, 0.4) is 0 Å². The third kappa shape index (κ3) is 4.93. The highest BCUT2D eigenvalue weighted by molar-refractivity contribution is 6.30. The Bertz CT molecular complexity index is 1140. The smallest absolute Gasteiger partial charge is 0.228 e. The molecule has 0 aliphatic carbocycles. The molecular formula is C27H29ClN4O2. The molecule has 2 aliphatic heterocycles. The van der Waals surface area contributed by atoms with E-state index in [-0.39, 0.29) is 11.8 Å². The molecule has 0 spiro atoms. The summed E-state index contributed by atoms with van der Waals surface area (Å²) in [7, 11) is 0. The van der Waals surface area contributed by atoms with Crippen molar-refractivity contribution in [3.8, 4) is 11.4 Å². The van der Waals surface area contributed by atoms with Gasteiger partial charge in [-0.25, -0.2) is 9.97 Å². The quantitative estimate of drug-likeness (QED) is 0.547. The van der Waals surface area contributed by atoms with Crippen molar-refractivity contribution in [1.82, 2.24) is 14.9 Å². The molecule has 0 N–H and O–H groups in total. The van der Waals surface area contributed by atoms with Gasteiger partial charge < -0.3 is 14.5 Å². The molecule has 0 bridgehead atoms. The van der Waals surface area contributed by atoms with E-state index in [2.05, 4.69) is 24.0 Å². The van der Waals surface area contributed by atoms with E-state index in [4.69, 9.17) is 26.3 Å². The Kier molecular flexibility index (Phi) is 6.79. The average molecular weight is 477 g/mol. The number of halogens is 1. The first-order valence-electron chi connectivity index (χ1n) is 11.9. The molecule has 2 aliphatic rings. The van der Waals surface area contributed by atoms with E-state index >= 15 is 0 Å². The number of ether oxygens (including phenoxy) is 1. The molecule has 3 heterocycles. The number of benzene rings is 2. The second-order valence-corrected chi connectivity index (χ2v) is 9.41. The van der Waals surface area contributed by atoms with Crippen LogP contribution in [0.1, 0.15) is 23.2 Å². The summed E-state index contributed by atoms with van der Waals surface area (Å²) in [4.78, 5) is 27.1.